The van der Waals surface area contributed by atoms with Gasteiger partial charge in [-0.2, -0.15) is 0 Å². The summed E-state index contributed by atoms with van der Waals surface area (Å²) >= 11 is 0. The Bertz CT molecular complexity index is 761. The molecule has 0 aliphatic carbocycles. The van der Waals surface area contributed by atoms with E-state index in [0.29, 0.717) is 11.4 Å². The molecule has 6 nitrogen and oxygen atoms in total. The van der Waals surface area contributed by atoms with Gasteiger partial charge in [-0.3, -0.25) is 9.59 Å². The second-order valence-electron chi connectivity index (χ2n) is 5.59. The summed E-state index contributed by atoms with van der Waals surface area (Å²) in [5.74, 6) is 0.410. The number of carbonyl (C=O) groups is 2. The van der Waals surface area contributed by atoms with Gasteiger partial charge < -0.3 is 19.2 Å². The van der Waals surface area contributed by atoms with Gasteiger partial charge in [-0.25, -0.2) is 0 Å². The molecule has 1 N–H and O–H groups in total. The van der Waals surface area contributed by atoms with Crippen LogP contribution in [-0.2, 0) is 0 Å². The van der Waals surface area contributed by atoms with Crippen LogP contribution < -0.4 is 14.8 Å². The number of rotatable bonds is 6. The van der Waals surface area contributed by atoms with E-state index in [4.69, 9.17) is 13.9 Å². The normalized spacial score (nSPS) is 10.6. The molecule has 1 aromatic carbocycles. The molecule has 0 radical (unpaired) electrons. The van der Waals surface area contributed by atoms with Crippen molar-refractivity contribution in [2.45, 2.75) is 26.7 Å². The van der Waals surface area contributed by atoms with Crippen LogP contribution >= 0.6 is 0 Å². The summed E-state index contributed by atoms with van der Waals surface area (Å²) < 4.78 is 15.8. The van der Waals surface area contributed by atoms with Crippen LogP contribution in [-0.4, -0.2) is 25.9 Å². The largest absolute Gasteiger partial charge is 0.493 e. The van der Waals surface area contributed by atoms with E-state index in [1.54, 1.807) is 18.2 Å². The third kappa shape index (κ3) is 3.27. The molecule has 1 heterocycles. The van der Waals surface area contributed by atoms with E-state index in [9.17, 15) is 9.59 Å². The lowest BCUT2D eigenvalue weighted by Gasteiger charge is -2.15. The molecule has 0 bridgehead atoms. The third-order valence-electron chi connectivity index (χ3n) is 3.67. The molecule has 0 saturated carbocycles. The molecule has 2 rings (SSSR count). The zero-order chi connectivity index (χ0) is 17.9. The highest BCUT2D eigenvalue weighted by Gasteiger charge is 2.23. The van der Waals surface area contributed by atoms with Crippen LogP contribution in [0.3, 0.4) is 0 Å². The molecular formula is C18H21NO5. The van der Waals surface area contributed by atoms with Crippen molar-refractivity contribution in [2.75, 3.05) is 19.5 Å². The highest BCUT2D eigenvalue weighted by Crippen LogP contribution is 2.36. The Morgan fingerprint density at radius 2 is 1.83 bits per heavy atom. The van der Waals surface area contributed by atoms with Gasteiger partial charge in [-0.05, 0) is 31.0 Å². The fraction of sp³-hybridized carbons (Fsp3) is 0.333. The number of ketones is 1. The first kappa shape index (κ1) is 17.6. The number of benzene rings is 1. The van der Waals surface area contributed by atoms with Crippen molar-refractivity contribution in [2.24, 2.45) is 0 Å². The average Bonchev–Trinajstić information content (AvgIpc) is 3.03. The molecular weight excluding hydrogens is 310 g/mol. The maximum Gasteiger partial charge on any atom is 0.291 e. The Labute approximate surface area is 140 Å². The molecule has 0 unspecified atom stereocenters. The van der Waals surface area contributed by atoms with E-state index in [1.165, 1.54) is 27.4 Å². The maximum atomic E-state index is 12.5. The van der Waals surface area contributed by atoms with Crippen molar-refractivity contribution in [3.05, 3.63) is 41.3 Å². The molecule has 6 heteroatoms. The minimum atomic E-state index is -0.418. The Hall–Kier alpha value is -2.76. The van der Waals surface area contributed by atoms with E-state index in [0.717, 1.165) is 5.56 Å². The van der Waals surface area contributed by atoms with Crippen molar-refractivity contribution in [3.8, 4) is 11.5 Å². The number of ether oxygens (including phenoxy) is 2. The molecule has 128 valence electrons. The van der Waals surface area contributed by atoms with Gasteiger partial charge in [0, 0.05) is 5.56 Å². The smallest absolute Gasteiger partial charge is 0.291 e. The number of Topliss-reactive ketones (excluding diaryl/α,β-unsaturated/α-hetero) is 1. The van der Waals surface area contributed by atoms with Crippen molar-refractivity contribution in [1.29, 1.82) is 0 Å². The number of furan rings is 1. The van der Waals surface area contributed by atoms with Crippen LogP contribution in [0, 0.1) is 0 Å². The Kier molecular flexibility index (Phi) is 5.28. The molecule has 0 fully saturated rings. The quantitative estimate of drug-likeness (QED) is 0.813. The molecule has 24 heavy (non-hydrogen) atoms. The van der Waals surface area contributed by atoms with E-state index in [-0.39, 0.29) is 28.8 Å². The fourth-order valence-electron chi connectivity index (χ4n) is 2.52. The summed E-state index contributed by atoms with van der Waals surface area (Å²) in [5.41, 5.74) is 1.40. The lowest BCUT2D eigenvalue weighted by atomic mass is 10.0. The van der Waals surface area contributed by atoms with Crippen LogP contribution in [0.15, 0.2) is 28.9 Å². The standard InChI is InChI=1S/C18H21NO5/c1-10(2)12-8-9-24-16(12)18(21)19-13-6-7-14(22-4)17(23-5)15(13)11(3)20/h6-10H,1-5H3,(H,19,21). The van der Waals surface area contributed by atoms with Gasteiger partial charge in [0.1, 0.15) is 0 Å². The number of anilines is 1. The number of amides is 1. The molecule has 0 atom stereocenters. The monoisotopic (exact) mass is 331 g/mol. The van der Waals surface area contributed by atoms with Gasteiger partial charge in [0.25, 0.3) is 5.91 Å². The predicted octanol–water partition coefficient (Wildman–Crippen LogP) is 3.88. The topological polar surface area (TPSA) is 77.8 Å². The zero-order valence-electron chi connectivity index (χ0n) is 14.4. The summed E-state index contributed by atoms with van der Waals surface area (Å²) in [7, 11) is 2.93. The van der Waals surface area contributed by atoms with Gasteiger partial charge in [-0.1, -0.05) is 13.8 Å². The van der Waals surface area contributed by atoms with Crippen molar-refractivity contribution in [3.63, 3.8) is 0 Å². The van der Waals surface area contributed by atoms with E-state index in [1.807, 2.05) is 13.8 Å². The first-order chi connectivity index (χ1) is 11.4. The van der Waals surface area contributed by atoms with Crippen LogP contribution in [0.5, 0.6) is 11.5 Å². The lowest BCUT2D eigenvalue weighted by molar-refractivity contribution is 0.0995. The molecule has 1 aromatic heterocycles. The fourth-order valence-corrected chi connectivity index (χ4v) is 2.52. The number of nitrogens with one attached hydrogen (secondary N) is 1. The first-order valence-corrected chi connectivity index (χ1v) is 7.55. The van der Waals surface area contributed by atoms with Crippen LogP contribution in [0.1, 0.15) is 53.2 Å². The molecule has 2 aromatic rings. The molecule has 0 aliphatic heterocycles. The lowest BCUT2D eigenvalue weighted by Crippen LogP contribution is -2.16. The van der Waals surface area contributed by atoms with E-state index < -0.39 is 5.91 Å². The summed E-state index contributed by atoms with van der Waals surface area (Å²) in [4.78, 5) is 24.6. The molecule has 0 spiro atoms. The SMILES string of the molecule is COc1ccc(NC(=O)c2occc2C(C)C)c(C(C)=O)c1OC. The second kappa shape index (κ2) is 7.21. The van der Waals surface area contributed by atoms with Crippen molar-refractivity contribution >= 4 is 17.4 Å². The van der Waals surface area contributed by atoms with Gasteiger partial charge >= 0.3 is 0 Å². The molecule has 0 aliphatic rings. The van der Waals surface area contributed by atoms with Gasteiger partial charge in [-0.15, -0.1) is 0 Å². The Balaban J connectivity index is 2.44. The van der Waals surface area contributed by atoms with Crippen LogP contribution in [0.25, 0.3) is 0 Å². The highest BCUT2D eigenvalue weighted by atomic mass is 16.5. The second-order valence-corrected chi connectivity index (χ2v) is 5.59. The highest BCUT2D eigenvalue weighted by molar-refractivity contribution is 6.10. The molecule has 0 saturated heterocycles. The number of hydrogen-bond acceptors (Lipinski definition) is 5. The van der Waals surface area contributed by atoms with Crippen LogP contribution in [0.2, 0.25) is 0 Å². The van der Waals surface area contributed by atoms with Gasteiger partial charge in [0.2, 0.25) is 0 Å². The zero-order valence-corrected chi connectivity index (χ0v) is 14.4. The van der Waals surface area contributed by atoms with Crippen molar-refractivity contribution < 1.29 is 23.5 Å². The average molecular weight is 331 g/mol. The van der Waals surface area contributed by atoms with E-state index >= 15 is 0 Å². The van der Waals surface area contributed by atoms with Gasteiger partial charge in [0.05, 0.1) is 31.7 Å². The summed E-state index contributed by atoms with van der Waals surface area (Å²) in [6.45, 7) is 5.34. The summed E-state index contributed by atoms with van der Waals surface area (Å²) in [5, 5.41) is 2.73. The summed E-state index contributed by atoms with van der Waals surface area (Å²) in [6.07, 6.45) is 1.48. The van der Waals surface area contributed by atoms with Crippen LogP contribution in [0.4, 0.5) is 5.69 Å². The minimum Gasteiger partial charge on any atom is -0.493 e. The number of hydrogen-bond donors (Lipinski definition) is 1. The first-order valence-electron chi connectivity index (χ1n) is 7.55. The maximum absolute atomic E-state index is 12.5. The Morgan fingerprint density at radius 3 is 2.38 bits per heavy atom. The number of carbonyl (C=O) groups excluding carboxylic acids is 2. The number of methoxy groups -OCH3 is 2. The summed E-state index contributed by atoms with van der Waals surface area (Å²) in [6, 6.07) is 5.00. The van der Waals surface area contributed by atoms with Gasteiger partial charge in [0.15, 0.2) is 23.0 Å². The molecule has 1 amide bonds. The minimum absolute atomic E-state index is 0.141. The predicted molar refractivity (Wildman–Crippen MR) is 90.3 cm³/mol. The third-order valence-corrected chi connectivity index (χ3v) is 3.67. The van der Waals surface area contributed by atoms with Crippen molar-refractivity contribution in [1.82, 2.24) is 0 Å². The Morgan fingerprint density at radius 1 is 1.12 bits per heavy atom. The van der Waals surface area contributed by atoms with E-state index in [2.05, 4.69) is 5.32 Å².